The number of nitrogens with one attached hydrogen (secondary N) is 2. The molecule has 0 heterocycles. The standard InChI is InChI=1S/C19H32N4O/c1-3-20-19(22-16-10-12-18(24)13-11-16)21-14-7-15-23(2)17-8-5-4-6-9-17/h4-6,8-9,16,18,24H,3,7,10-15H2,1-2H3,(H2,20,21,22). The number of rotatable bonds is 7. The lowest BCUT2D eigenvalue weighted by atomic mass is 9.93. The Kier molecular flexibility index (Phi) is 7.89. The van der Waals surface area contributed by atoms with E-state index < -0.39 is 0 Å². The Hall–Kier alpha value is -1.75. The lowest BCUT2D eigenvalue weighted by molar-refractivity contribution is 0.120. The van der Waals surface area contributed by atoms with E-state index in [4.69, 9.17) is 4.99 Å². The van der Waals surface area contributed by atoms with Crippen molar-refractivity contribution in [2.75, 3.05) is 31.6 Å². The number of hydrogen-bond acceptors (Lipinski definition) is 3. The lowest BCUT2D eigenvalue weighted by Gasteiger charge is -2.27. The Morgan fingerprint density at radius 1 is 1.21 bits per heavy atom. The van der Waals surface area contributed by atoms with Crippen molar-refractivity contribution in [3.05, 3.63) is 30.3 Å². The minimum Gasteiger partial charge on any atom is -0.393 e. The molecule has 0 spiro atoms. The van der Waals surface area contributed by atoms with Crippen LogP contribution in [0.4, 0.5) is 5.69 Å². The molecule has 1 aromatic rings. The molecule has 3 N–H and O–H groups in total. The first-order chi connectivity index (χ1) is 11.7. The first-order valence-corrected chi connectivity index (χ1v) is 9.18. The molecule has 0 unspecified atom stereocenters. The fourth-order valence-corrected chi connectivity index (χ4v) is 3.04. The van der Waals surface area contributed by atoms with Gasteiger partial charge >= 0.3 is 0 Å². The Bertz CT molecular complexity index is 483. The van der Waals surface area contributed by atoms with E-state index in [9.17, 15) is 5.11 Å². The number of para-hydroxylation sites is 1. The van der Waals surface area contributed by atoms with Crippen molar-refractivity contribution in [2.45, 2.75) is 51.2 Å². The SMILES string of the molecule is CCNC(=NCCCN(C)c1ccccc1)NC1CCC(O)CC1. The minimum absolute atomic E-state index is 0.115. The molecule has 24 heavy (non-hydrogen) atoms. The van der Waals surface area contributed by atoms with Crippen LogP contribution in [-0.4, -0.2) is 49.9 Å². The molecule has 0 saturated heterocycles. The van der Waals surface area contributed by atoms with Crippen molar-refractivity contribution in [1.29, 1.82) is 0 Å². The van der Waals surface area contributed by atoms with Crippen LogP contribution in [0.3, 0.4) is 0 Å². The first kappa shape index (κ1) is 18.6. The predicted octanol–water partition coefficient (Wildman–Crippen LogP) is 2.37. The van der Waals surface area contributed by atoms with Gasteiger partial charge in [0, 0.05) is 38.4 Å². The maximum atomic E-state index is 9.61. The molecule has 0 atom stereocenters. The van der Waals surface area contributed by atoms with E-state index in [2.05, 4.69) is 53.8 Å². The summed E-state index contributed by atoms with van der Waals surface area (Å²) >= 11 is 0. The first-order valence-electron chi connectivity index (χ1n) is 9.18. The molecule has 0 aromatic heterocycles. The van der Waals surface area contributed by atoms with Crippen LogP contribution < -0.4 is 15.5 Å². The van der Waals surface area contributed by atoms with Gasteiger partial charge in [0.1, 0.15) is 0 Å². The number of benzene rings is 1. The Morgan fingerprint density at radius 2 is 1.92 bits per heavy atom. The largest absolute Gasteiger partial charge is 0.393 e. The quantitative estimate of drug-likeness (QED) is 0.408. The van der Waals surface area contributed by atoms with Crippen molar-refractivity contribution in [2.24, 2.45) is 4.99 Å². The summed E-state index contributed by atoms with van der Waals surface area (Å²) in [5.74, 6) is 0.904. The lowest BCUT2D eigenvalue weighted by Crippen LogP contribution is -2.45. The molecule has 2 rings (SSSR count). The monoisotopic (exact) mass is 332 g/mol. The molecule has 0 bridgehead atoms. The molecule has 5 nitrogen and oxygen atoms in total. The summed E-state index contributed by atoms with van der Waals surface area (Å²) in [6.07, 6.45) is 4.71. The van der Waals surface area contributed by atoms with Gasteiger partial charge in [-0.2, -0.15) is 0 Å². The van der Waals surface area contributed by atoms with Crippen LogP contribution >= 0.6 is 0 Å². The van der Waals surface area contributed by atoms with E-state index in [0.717, 1.165) is 57.7 Å². The number of hydrogen-bond donors (Lipinski definition) is 3. The second kappa shape index (κ2) is 10.2. The zero-order valence-corrected chi connectivity index (χ0v) is 15.0. The van der Waals surface area contributed by atoms with Crippen LogP contribution in [0, 0.1) is 0 Å². The van der Waals surface area contributed by atoms with Gasteiger partial charge in [-0.3, -0.25) is 4.99 Å². The second-order valence-corrected chi connectivity index (χ2v) is 6.52. The average Bonchev–Trinajstić information content (AvgIpc) is 2.61. The summed E-state index contributed by atoms with van der Waals surface area (Å²) in [7, 11) is 2.12. The van der Waals surface area contributed by atoms with Crippen LogP contribution in [0.1, 0.15) is 39.0 Å². The number of nitrogens with zero attached hydrogens (tertiary/aromatic N) is 2. The van der Waals surface area contributed by atoms with Gasteiger partial charge in [-0.25, -0.2) is 0 Å². The molecule has 1 aliphatic rings. The van der Waals surface area contributed by atoms with E-state index in [1.807, 2.05) is 6.07 Å². The number of aliphatic hydroxyl groups is 1. The summed E-state index contributed by atoms with van der Waals surface area (Å²) in [4.78, 5) is 6.96. The third-order valence-electron chi connectivity index (χ3n) is 4.50. The summed E-state index contributed by atoms with van der Waals surface area (Å²) in [6.45, 7) is 4.75. The third kappa shape index (κ3) is 6.40. The molecule has 0 aliphatic heterocycles. The highest BCUT2D eigenvalue weighted by atomic mass is 16.3. The molecular weight excluding hydrogens is 300 g/mol. The molecule has 0 amide bonds. The predicted molar refractivity (Wildman–Crippen MR) is 102 cm³/mol. The summed E-state index contributed by atoms with van der Waals surface area (Å²) in [5, 5.41) is 16.4. The molecule has 1 aromatic carbocycles. The number of aliphatic hydroxyl groups excluding tert-OH is 1. The normalized spacial score (nSPS) is 21.4. The Labute approximate surface area is 146 Å². The molecular formula is C19H32N4O. The Balaban J connectivity index is 1.74. The zero-order valence-electron chi connectivity index (χ0n) is 15.0. The third-order valence-corrected chi connectivity index (χ3v) is 4.50. The van der Waals surface area contributed by atoms with Crippen LogP contribution in [0.15, 0.2) is 35.3 Å². The number of aliphatic imine (C=N–C) groups is 1. The van der Waals surface area contributed by atoms with Crippen molar-refractivity contribution in [3.8, 4) is 0 Å². The van der Waals surface area contributed by atoms with E-state index in [1.165, 1.54) is 5.69 Å². The molecule has 1 fully saturated rings. The van der Waals surface area contributed by atoms with E-state index >= 15 is 0 Å². The Morgan fingerprint density at radius 3 is 2.58 bits per heavy atom. The van der Waals surface area contributed by atoms with Gasteiger partial charge < -0.3 is 20.6 Å². The van der Waals surface area contributed by atoms with Gasteiger partial charge in [0.2, 0.25) is 0 Å². The van der Waals surface area contributed by atoms with Crippen LogP contribution in [0.25, 0.3) is 0 Å². The topological polar surface area (TPSA) is 59.9 Å². The van der Waals surface area contributed by atoms with E-state index in [-0.39, 0.29) is 6.10 Å². The van der Waals surface area contributed by atoms with Gasteiger partial charge in [-0.15, -0.1) is 0 Å². The maximum absolute atomic E-state index is 9.61. The highest BCUT2D eigenvalue weighted by Crippen LogP contribution is 2.18. The smallest absolute Gasteiger partial charge is 0.191 e. The van der Waals surface area contributed by atoms with Gasteiger partial charge in [0.05, 0.1) is 6.10 Å². The zero-order chi connectivity index (χ0) is 17.2. The minimum atomic E-state index is -0.115. The maximum Gasteiger partial charge on any atom is 0.191 e. The fourth-order valence-electron chi connectivity index (χ4n) is 3.04. The summed E-state index contributed by atoms with van der Waals surface area (Å²) < 4.78 is 0. The number of anilines is 1. The number of guanidine groups is 1. The molecule has 134 valence electrons. The fraction of sp³-hybridized carbons (Fsp3) is 0.632. The van der Waals surface area contributed by atoms with Crippen LogP contribution in [-0.2, 0) is 0 Å². The highest BCUT2D eigenvalue weighted by Gasteiger charge is 2.19. The van der Waals surface area contributed by atoms with Gasteiger partial charge in [-0.05, 0) is 51.2 Å². The van der Waals surface area contributed by atoms with Crippen LogP contribution in [0.2, 0.25) is 0 Å². The highest BCUT2D eigenvalue weighted by molar-refractivity contribution is 5.80. The summed E-state index contributed by atoms with van der Waals surface area (Å²) in [5.41, 5.74) is 1.24. The van der Waals surface area contributed by atoms with E-state index in [1.54, 1.807) is 0 Å². The molecule has 5 heteroatoms. The van der Waals surface area contributed by atoms with Crippen molar-refractivity contribution >= 4 is 11.6 Å². The van der Waals surface area contributed by atoms with Gasteiger partial charge in [0.25, 0.3) is 0 Å². The van der Waals surface area contributed by atoms with Crippen LogP contribution in [0.5, 0.6) is 0 Å². The van der Waals surface area contributed by atoms with Gasteiger partial charge in [-0.1, -0.05) is 18.2 Å². The summed E-state index contributed by atoms with van der Waals surface area (Å²) in [6, 6.07) is 10.9. The average molecular weight is 332 g/mol. The van der Waals surface area contributed by atoms with E-state index in [0.29, 0.717) is 6.04 Å². The molecule has 1 saturated carbocycles. The van der Waals surface area contributed by atoms with Crippen molar-refractivity contribution in [1.82, 2.24) is 10.6 Å². The van der Waals surface area contributed by atoms with Crippen molar-refractivity contribution in [3.63, 3.8) is 0 Å². The molecule has 1 aliphatic carbocycles. The molecule has 0 radical (unpaired) electrons. The van der Waals surface area contributed by atoms with Crippen molar-refractivity contribution < 1.29 is 5.11 Å². The van der Waals surface area contributed by atoms with Gasteiger partial charge in [0.15, 0.2) is 5.96 Å². The second-order valence-electron chi connectivity index (χ2n) is 6.52.